The minimum absolute atomic E-state index is 0. The largest absolute Gasteiger partial charge is 3.00 e. The van der Waals surface area contributed by atoms with Crippen LogP contribution in [0.25, 0.3) is 0 Å². The number of aryl methyl sites for hydroxylation is 1. The normalized spacial score (nSPS) is 12.6. The van der Waals surface area contributed by atoms with E-state index in [1.807, 2.05) is 6.07 Å². The summed E-state index contributed by atoms with van der Waals surface area (Å²) in [5.41, 5.74) is 2.52. The van der Waals surface area contributed by atoms with E-state index < -0.39 is 0 Å². The fourth-order valence-electron chi connectivity index (χ4n) is 2.23. The second-order valence-corrected chi connectivity index (χ2v) is 5.98. The average Bonchev–Trinajstić information content (AvgIpc) is 2.82. The molecule has 1 aliphatic carbocycles. The molecule has 2 rings (SSSR count). The van der Waals surface area contributed by atoms with Crippen LogP contribution >= 0.6 is 0 Å². The third kappa shape index (κ3) is 8.43. The zero-order valence-corrected chi connectivity index (χ0v) is 16.5. The molecule has 0 amide bonds. The SMILES string of the molecule is CC(C)(C)Oc1ccccc1CCCC1=[C-]CC=C1.[Cl-].[Cl-].[Ti+3]. The van der Waals surface area contributed by atoms with E-state index in [9.17, 15) is 0 Å². The second-order valence-electron chi connectivity index (χ2n) is 5.98. The zero-order valence-electron chi connectivity index (χ0n) is 13.5. The van der Waals surface area contributed by atoms with Crippen molar-refractivity contribution in [1.82, 2.24) is 0 Å². The molecule has 0 N–H and O–H groups in total. The summed E-state index contributed by atoms with van der Waals surface area (Å²) >= 11 is 0. The minimum Gasteiger partial charge on any atom is -1.00 e. The van der Waals surface area contributed by atoms with E-state index in [1.54, 1.807) is 0 Å². The fraction of sp³-hybridized carbons (Fsp3) is 0.444. The maximum absolute atomic E-state index is 6.02. The molecule has 0 unspecified atom stereocenters. The van der Waals surface area contributed by atoms with Crippen LogP contribution in [-0.2, 0) is 28.1 Å². The molecule has 1 nitrogen and oxygen atoms in total. The zero-order chi connectivity index (χ0) is 13.7. The molecule has 0 saturated heterocycles. The fourth-order valence-corrected chi connectivity index (χ4v) is 2.23. The molecule has 0 saturated carbocycles. The molecule has 119 valence electrons. The number of ether oxygens (including phenoxy) is 1. The Kier molecular flexibility index (Phi) is 12.4. The van der Waals surface area contributed by atoms with E-state index in [-0.39, 0.29) is 52.1 Å². The van der Waals surface area contributed by atoms with Gasteiger partial charge in [0.15, 0.2) is 0 Å². The van der Waals surface area contributed by atoms with Gasteiger partial charge in [-0.15, -0.1) is 6.42 Å². The van der Waals surface area contributed by atoms with Crippen molar-refractivity contribution in [2.24, 2.45) is 0 Å². The first-order valence-corrected chi connectivity index (χ1v) is 7.08. The van der Waals surface area contributed by atoms with Crippen LogP contribution in [-0.4, -0.2) is 5.60 Å². The third-order valence-corrected chi connectivity index (χ3v) is 3.05. The number of hydrogen-bond donors (Lipinski definition) is 0. The molecular formula is C18H23Cl2OTi. The Hall–Kier alpha value is -0.206. The van der Waals surface area contributed by atoms with Crippen molar-refractivity contribution in [2.75, 3.05) is 0 Å². The van der Waals surface area contributed by atoms with Crippen LogP contribution in [0.5, 0.6) is 5.75 Å². The molecule has 0 fully saturated rings. The summed E-state index contributed by atoms with van der Waals surface area (Å²) in [4.78, 5) is 0. The van der Waals surface area contributed by atoms with Gasteiger partial charge in [0, 0.05) is 0 Å². The first-order chi connectivity index (χ1) is 9.04. The molecule has 0 aromatic heterocycles. The number of halogens is 2. The van der Waals surface area contributed by atoms with Gasteiger partial charge < -0.3 is 29.6 Å². The third-order valence-electron chi connectivity index (χ3n) is 3.05. The van der Waals surface area contributed by atoms with E-state index >= 15 is 0 Å². The Morgan fingerprint density at radius 1 is 1.09 bits per heavy atom. The topological polar surface area (TPSA) is 9.23 Å². The average molecular weight is 374 g/mol. The van der Waals surface area contributed by atoms with E-state index in [0.29, 0.717) is 0 Å². The quantitative estimate of drug-likeness (QED) is 0.469. The van der Waals surface area contributed by atoms with Gasteiger partial charge in [-0.1, -0.05) is 24.6 Å². The van der Waals surface area contributed by atoms with Gasteiger partial charge in [0.05, 0.1) is 0 Å². The standard InChI is InChI=1S/C18H23O.2ClH.Ti/c1-18(2,3)19-17-14-7-6-12-16(17)13-8-11-15-9-4-5-10-15;;;/h4,6-7,9,12,14H,5,8,11,13H2,1-3H3;2*1H;/q-1;;;+3/p-2. The molecule has 1 aromatic carbocycles. The van der Waals surface area contributed by atoms with Crippen LogP contribution in [0.1, 0.15) is 45.6 Å². The Morgan fingerprint density at radius 3 is 2.36 bits per heavy atom. The Bertz CT molecular complexity index is 490. The van der Waals surface area contributed by atoms with E-state index in [2.05, 4.69) is 57.2 Å². The molecule has 22 heavy (non-hydrogen) atoms. The Morgan fingerprint density at radius 2 is 1.77 bits per heavy atom. The molecule has 4 heteroatoms. The molecule has 1 aliphatic rings. The van der Waals surface area contributed by atoms with Crippen molar-refractivity contribution in [1.29, 1.82) is 0 Å². The van der Waals surface area contributed by atoms with Gasteiger partial charge in [-0.3, -0.25) is 6.08 Å². The predicted octanol–water partition coefficient (Wildman–Crippen LogP) is -1.12. The first-order valence-electron chi connectivity index (χ1n) is 7.08. The van der Waals surface area contributed by atoms with Crippen molar-refractivity contribution in [3.63, 3.8) is 0 Å². The smallest absolute Gasteiger partial charge is 1.00 e. The van der Waals surface area contributed by atoms with E-state index in [0.717, 1.165) is 31.4 Å². The van der Waals surface area contributed by atoms with E-state index in [4.69, 9.17) is 4.74 Å². The Balaban J connectivity index is 0. The van der Waals surface area contributed by atoms with Gasteiger partial charge in [0.1, 0.15) is 11.4 Å². The Labute approximate surface area is 162 Å². The van der Waals surface area contributed by atoms with Gasteiger partial charge in [-0.25, -0.2) is 11.6 Å². The summed E-state index contributed by atoms with van der Waals surface area (Å²) in [6.45, 7) is 6.27. The van der Waals surface area contributed by atoms with Crippen LogP contribution in [0, 0.1) is 6.08 Å². The van der Waals surface area contributed by atoms with Crippen LogP contribution < -0.4 is 29.6 Å². The van der Waals surface area contributed by atoms with Crippen molar-refractivity contribution in [3.05, 3.63) is 53.6 Å². The number of rotatable bonds is 5. The van der Waals surface area contributed by atoms with E-state index in [1.165, 1.54) is 11.1 Å². The summed E-state index contributed by atoms with van der Waals surface area (Å²) < 4.78 is 6.02. The number of hydrogen-bond acceptors (Lipinski definition) is 1. The van der Waals surface area contributed by atoms with Crippen molar-refractivity contribution in [3.8, 4) is 5.75 Å². The summed E-state index contributed by atoms with van der Waals surface area (Å²) in [6.07, 6.45) is 12.0. The maximum Gasteiger partial charge on any atom is 3.00 e. The van der Waals surface area contributed by atoms with Crippen molar-refractivity contribution in [2.45, 2.75) is 52.1 Å². The van der Waals surface area contributed by atoms with Crippen LogP contribution in [0.15, 0.2) is 42.0 Å². The van der Waals surface area contributed by atoms with Crippen LogP contribution in [0.2, 0.25) is 0 Å². The monoisotopic (exact) mass is 373 g/mol. The predicted molar refractivity (Wildman–Crippen MR) is 80.3 cm³/mol. The molecule has 0 aliphatic heterocycles. The van der Waals surface area contributed by atoms with Gasteiger partial charge >= 0.3 is 21.7 Å². The molecule has 0 bridgehead atoms. The number of allylic oxidation sites excluding steroid dienone is 4. The van der Waals surface area contributed by atoms with Crippen molar-refractivity contribution >= 4 is 0 Å². The maximum atomic E-state index is 6.02. The summed E-state index contributed by atoms with van der Waals surface area (Å²) in [7, 11) is 0. The second kappa shape index (κ2) is 11.3. The van der Waals surface area contributed by atoms with Gasteiger partial charge in [0.25, 0.3) is 0 Å². The van der Waals surface area contributed by atoms with Gasteiger partial charge in [0.2, 0.25) is 0 Å². The summed E-state index contributed by atoms with van der Waals surface area (Å²) in [5.74, 6) is 1.02. The summed E-state index contributed by atoms with van der Waals surface area (Å²) in [6, 6.07) is 8.37. The van der Waals surface area contributed by atoms with Crippen LogP contribution in [0.3, 0.4) is 0 Å². The number of benzene rings is 1. The van der Waals surface area contributed by atoms with Gasteiger partial charge in [-0.2, -0.15) is 6.08 Å². The molecule has 1 aromatic rings. The van der Waals surface area contributed by atoms with Gasteiger partial charge in [-0.05, 0) is 45.2 Å². The minimum atomic E-state index is -0.138. The van der Waals surface area contributed by atoms with Crippen LogP contribution in [0.4, 0.5) is 0 Å². The number of para-hydroxylation sites is 1. The summed E-state index contributed by atoms with van der Waals surface area (Å²) in [5, 5.41) is 0. The first kappa shape index (κ1) is 24.1. The molecule has 0 atom stereocenters. The molecule has 0 spiro atoms. The molecular weight excluding hydrogens is 351 g/mol. The molecule has 0 heterocycles. The van der Waals surface area contributed by atoms with Crippen molar-refractivity contribution < 1.29 is 51.3 Å². The molecule has 1 radical (unpaired) electrons.